The lowest BCUT2D eigenvalue weighted by molar-refractivity contribution is 0.0963. The summed E-state index contributed by atoms with van der Waals surface area (Å²) in [5.74, 6) is 0.874. The molecule has 2 aromatic rings. The monoisotopic (exact) mass is 345 g/mol. The summed E-state index contributed by atoms with van der Waals surface area (Å²) >= 11 is 0. The molecule has 0 aliphatic carbocycles. The van der Waals surface area contributed by atoms with Crippen LogP contribution in [0.3, 0.4) is 0 Å². The number of hydrogen-bond donors (Lipinski definition) is 2. The maximum Gasteiger partial charge on any atom is 0.318 e. The number of rotatable bonds is 7. The third-order valence-corrected chi connectivity index (χ3v) is 3.68. The summed E-state index contributed by atoms with van der Waals surface area (Å²) in [7, 11) is 1.58. The molecular formula is C17H23N5O3. The van der Waals surface area contributed by atoms with E-state index in [2.05, 4.69) is 20.8 Å². The first-order chi connectivity index (χ1) is 12.1. The van der Waals surface area contributed by atoms with Gasteiger partial charge in [0.05, 0.1) is 0 Å². The molecule has 0 bridgehead atoms. The molecule has 1 aromatic carbocycles. The van der Waals surface area contributed by atoms with Crippen LogP contribution in [0.15, 0.2) is 28.8 Å². The predicted molar refractivity (Wildman–Crippen MR) is 91.8 cm³/mol. The standard InChI is InChI=1S/C17H23N5O3/c1-4-14-20-15(25-21-14)11-22(5-2)17(24)19-10-12-7-6-8-13(9-12)16(23)18-3/h6-9H,4-5,10-11H2,1-3H3,(H,18,23)(H,19,24). The Hall–Kier alpha value is -2.90. The van der Waals surface area contributed by atoms with E-state index in [-0.39, 0.29) is 18.5 Å². The van der Waals surface area contributed by atoms with Crippen molar-refractivity contribution in [2.24, 2.45) is 0 Å². The molecule has 25 heavy (non-hydrogen) atoms. The van der Waals surface area contributed by atoms with E-state index in [1.165, 1.54) is 0 Å². The lowest BCUT2D eigenvalue weighted by atomic mass is 10.1. The number of carbonyl (C=O) groups is 2. The van der Waals surface area contributed by atoms with Crippen molar-refractivity contribution >= 4 is 11.9 Å². The molecule has 0 fully saturated rings. The van der Waals surface area contributed by atoms with Crippen LogP contribution in [0.4, 0.5) is 4.79 Å². The van der Waals surface area contributed by atoms with Gasteiger partial charge in [-0.3, -0.25) is 4.79 Å². The van der Waals surface area contributed by atoms with Gasteiger partial charge in [-0.1, -0.05) is 24.2 Å². The van der Waals surface area contributed by atoms with Gasteiger partial charge in [0.25, 0.3) is 5.91 Å². The molecule has 8 nitrogen and oxygen atoms in total. The Kier molecular flexibility index (Phi) is 6.50. The number of carbonyl (C=O) groups excluding carboxylic acids is 2. The summed E-state index contributed by atoms with van der Waals surface area (Å²) in [6, 6.07) is 6.89. The topological polar surface area (TPSA) is 100 Å². The van der Waals surface area contributed by atoms with Crippen LogP contribution in [0.5, 0.6) is 0 Å². The predicted octanol–water partition coefficient (Wildman–Crippen LogP) is 1.72. The molecule has 2 N–H and O–H groups in total. The van der Waals surface area contributed by atoms with E-state index in [0.29, 0.717) is 36.8 Å². The Labute approximate surface area is 146 Å². The minimum absolute atomic E-state index is 0.161. The lowest BCUT2D eigenvalue weighted by Crippen LogP contribution is -2.39. The van der Waals surface area contributed by atoms with E-state index in [1.54, 1.807) is 30.1 Å². The van der Waals surface area contributed by atoms with Crippen LogP contribution in [0.25, 0.3) is 0 Å². The summed E-state index contributed by atoms with van der Waals surface area (Å²) in [6.45, 7) is 4.90. The molecule has 0 aliphatic rings. The zero-order valence-corrected chi connectivity index (χ0v) is 14.7. The first-order valence-electron chi connectivity index (χ1n) is 8.22. The number of aryl methyl sites for hydroxylation is 1. The van der Waals surface area contributed by atoms with Crippen LogP contribution >= 0.6 is 0 Å². The maximum atomic E-state index is 12.3. The van der Waals surface area contributed by atoms with E-state index in [9.17, 15) is 9.59 Å². The van der Waals surface area contributed by atoms with Crippen LogP contribution in [0.2, 0.25) is 0 Å². The molecule has 0 saturated carbocycles. The number of hydrogen-bond acceptors (Lipinski definition) is 5. The highest BCUT2D eigenvalue weighted by molar-refractivity contribution is 5.94. The van der Waals surface area contributed by atoms with Gasteiger partial charge < -0.3 is 20.1 Å². The van der Waals surface area contributed by atoms with Crippen molar-refractivity contribution in [3.05, 3.63) is 47.1 Å². The van der Waals surface area contributed by atoms with Gasteiger partial charge in [0.1, 0.15) is 6.54 Å². The second-order valence-corrected chi connectivity index (χ2v) is 5.41. The first kappa shape index (κ1) is 18.4. The number of amides is 3. The Bertz CT molecular complexity index is 729. The van der Waals surface area contributed by atoms with Crippen LogP contribution < -0.4 is 10.6 Å². The molecule has 134 valence electrons. The van der Waals surface area contributed by atoms with Crippen LogP contribution in [-0.2, 0) is 19.5 Å². The summed E-state index contributed by atoms with van der Waals surface area (Å²) in [5.41, 5.74) is 1.40. The number of urea groups is 1. The average Bonchev–Trinajstić information content (AvgIpc) is 3.11. The van der Waals surface area contributed by atoms with E-state index in [0.717, 1.165) is 5.56 Å². The summed E-state index contributed by atoms with van der Waals surface area (Å²) in [6.07, 6.45) is 0.684. The van der Waals surface area contributed by atoms with Crippen molar-refractivity contribution < 1.29 is 14.1 Å². The van der Waals surface area contributed by atoms with Gasteiger partial charge >= 0.3 is 6.03 Å². The molecule has 3 amide bonds. The van der Waals surface area contributed by atoms with Gasteiger partial charge in [0, 0.05) is 32.1 Å². The molecular weight excluding hydrogens is 322 g/mol. The zero-order valence-electron chi connectivity index (χ0n) is 14.7. The van der Waals surface area contributed by atoms with Crippen molar-refractivity contribution in [2.75, 3.05) is 13.6 Å². The molecule has 0 radical (unpaired) electrons. The molecule has 0 saturated heterocycles. The Morgan fingerprint density at radius 3 is 2.72 bits per heavy atom. The smallest absolute Gasteiger partial charge is 0.318 e. The Morgan fingerprint density at radius 1 is 1.28 bits per heavy atom. The van der Waals surface area contributed by atoms with Gasteiger partial charge in [-0.25, -0.2) is 4.79 Å². The highest BCUT2D eigenvalue weighted by Gasteiger charge is 2.16. The summed E-state index contributed by atoms with van der Waals surface area (Å²) in [4.78, 5) is 29.8. The molecule has 2 rings (SSSR count). The fraction of sp³-hybridized carbons (Fsp3) is 0.412. The van der Waals surface area contributed by atoms with Gasteiger partial charge in [-0.05, 0) is 24.6 Å². The fourth-order valence-corrected chi connectivity index (χ4v) is 2.24. The lowest BCUT2D eigenvalue weighted by Gasteiger charge is -2.19. The van der Waals surface area contributed by atoms with E-state index in [4.69, 9.17) is 4.52 Å². The van der Waals surface area contributed by atoms with Crippen molar-refractivity contribution in [2.45, 2.75) is 33.4 Å². The number of benzene rings is 1. The van der Waals surface area contributed by atoms with E-state index in [1.807, 2.05) is 19.9 Å². The minimum atomic E-state index is -0.232. The third-order valence-electron chi connectivity index (χ3n) is 3.68. The van der Waals surface area contributed by atoms with Crippen molar-refractivity contribution in [3.63, 3.8) is 0 Å². The van der Waals surface area contributed by atoms with Crippen molar-refractivity contribution in [1.82, 2.24) is 25.7 Å². The van der Waals surface area contributed by atoms with Crippen LogP contribution in [0, 0.1) is 0 Å². The van der Waals surface area contributed by atoms with Crippen LogP contribution in [0.1, 0.15) is 41.5 Å². The second-order valence-electron chi connectivity index (χ2n) is 5.41. The highest BCUT2D eigenvalue weighted by atomic mass is 16.5. The van der Waals surface area contributed by atoms with Gasteiger partial charge in [-0.15, -0.1) is 0 Å². The van der Waals surface area contributed by atoms with Crippen molar-refractivity contribution in [1.29, 1.82) is 0 Å². The Morgan fingerprint density at radius 2 is 2.08 bits per heavy atom. The molecule has 0 unspecified atom stereocenters. The number of nitrogens with one attached hydrogen (secondary N) is 2. The third kappa shape index (κ3) is 5.03. The first-order valence-corrected chi connectivity index (χ1v) is 8.22. The number of nitrogens with zero attached hydrogens (tertiary/aromatic N) is 3. The normalized spacial score (nSPS) is 10.4. The Balaban J connectivity index is 1.94. The molecule has 1 aromatic heterocycles. The molecule has 8 heteroatoms. The van der Waals surface area contributed by atoms with Crippen LogP contribution in [-0.4, -0.2) is 40.6 Å². The maximum absolute atomic E-state index is 12.3. The second kappa shape index (κ2) is 8.81. The summed E-state index contributed by atoms with van der Waals surface area (Å²) in [5, 5.41) is 9.24. The molecule has 1 heterocycles. The van der Waals surface area contributed by atoms with E-state index >= 15 is 0 Å². The van der Waals surface area contributed by atoms with E-state index < -0.39 is 0 Å². The summed E-state index contributed by atoms with van der Waals surface area (Å²) < 4.78 is 5.13. The zero-order chi connectivity index (χ0) is 18.2. The quantitative estimate of drug-likeness (QED) is 0.796. The highest BCUT2D eigenvalue weighted by Crippen LogP contribution is 2.07. The van der Waals surface area contributed by atoms with Gasteiger partial charge in [0.15, 0.2) is 5.82 Å². The molecule has 0 aliphatic heterocycles. The fourth-order valence-electron chi connectivity index (χ4n) is 2.24. The minimum Gasteiger partial charge on any atom is -0.355 e. The van der Waals surface area contributed by atoms with Gasteiger partial charge in [0.2, 0.25) is 5.89 Å². The van der Waals surface area contributed by atoms with Crippen molar-refractivity contribution in [3.8, 4) is 0 Å². The SMILES string of the molecule is CCc1noc(CN(CC)C(=O)NCc2cccc(C(=O)NC)c2)n1. The van der Waals surface area contributed by atoms with Gasteiger partial charge in [-0.2, -0.15) is 4.98 Å². The number of aromatic nitrogens is 2. The molecule has 0 atom stereocenters. The largest absolute Gasteiger partial charge is 0.355 e. The average molecular weight is 345 g/mol. The molecule has 0 spiro atoms.